The molecule has 1 atom stereocenters. The molecular weight excluding hydrogens is 346 g/mol. The topological polar surface area (TPSA) is 88.4 Å². The van der Waals surface area contributed by atoms with E-state index in [0.29, 0.717) is 12.5 Å². The van der Waals surface area contributed by atoms with Gasteiger partial charge in [-0.1, -0.05) is 6.07 Å². The standard InChI is InChI=1S/C19H25N5O3/c1-22(12-8-10-20-11-9-12)13-4-3-5-14-17(13)23(2)19(27)24(14)15-6-7-16(25)21-18(15)26/h3-5,12,15,20H,6-11H2,1-2H3,(H,21,25,26). The SMILES string of the molecule is CN(c1cccc2c1n(C)c(=O)n2C1CCC(=O)NC1=O)C1CCNCC1. The van der Waals surface area contributed by atoms with Gasteiger partial charge in [0.05, 0.1) is 16.7 Å². The quantitative estimate of drug-likeness (QED) is 0.768. The molecule has 1 unspecified atom stereocenters. The predicted octanol–water partition coefficient (Wildman–Crippen LogP) is 0.506. The number of aryl methyl sites for hydroxylation is 1. The molecule has 2 aromatic rings. The molecule has 3 heterocycles. The average molecular weight is 371 g/mol. The molecule has 0 spiro atoms. The maximum atomic E-state index is 13.0. The van der Waals surface area contributed by atoms with Crippen molar-refractivity contribution in [2.24, 2.45) is 7.05 Å². The monoisotopic (exact) mass is 371 g/mol. The van der Waals surface area contributed by atoms with Crippen LogP contribution in [0.5, 0.6) is 0 Å². The molecule has 2 amide bonds. The summed E-state index contributed by atoms with van der Waals surface area (Å²) >= 11 is 0. The zero-order chi connectivity index (χ0) is 19.1. The van der Waals surface area contributed by atoms with Crippen molar-refractivity contribution in [3.63, 3.8) is 0 Å². The van der Waals surface area contributed by atoms with Gasteiger partial charge < -0.3 is 10.2 Å². The maximum absolute atomic E-state index is 13.0. The summed E-state index contributed by atoms with van der Waals surface area (Å²) in [4.78, 5) is 39.1. The predicted molar refractivity (Wildman–Crippen MR) is 103 cm³/mol. The summed E-state index contributed by atoms with van der Waals surface area (Å²) in [6.45, 7) is 1.97. The molecule has 2 saturated heterocycles. The van der Waals surface area contributed by atoms with E-state index in [1.807, 2.05) is 18.2 Å². The van der Waals surface area contributed by atoms with E-state index in [1.54, 1.807) is 11.6 Å². The zero-order valence-electron chi connectivity index (χ0n) is 15.7. The third kappa shape index (κ3) is 2.93. The van der Waals surface area contributed by atoms with Crippen LogP contribution in [0, 0.1) is 0 Å². The van der Waals surface area contributed by atoms with E-state index in [-0.39, 0.29) is 18.0 Å². The van der Waals surface area contributed by atoms with E-state index in [9.17, 15) is 14.4 Å². The minimum absolute atomic E-state index is 0.231. The number of nitrogens with zero attached hydrogens (tertiary/aromatic N) is 3. The van der Waals surface area contributed by atoms with E-state index in [2.05, 4.69) is 22.6 Å². The highest BCUT2D eigenvalue weighted by atomic mass is 16.2. The third-order valence-electron chi connectivity index (χ3n) is 5.84. The van der Waals surface area contributed by atoms with Crippen molar-refractivity contribution >= 4 is 28.5 Å². The lowest BCUT2D eigenvalue weighted by molar-refractivity contribution is -0.135. The molecule has 2 aliphatic heterocycles. The number of carbonyl (C=O) groups is 2. The van der Waals surface area contributed by atoms with Gasteiger partial charge in [-0.15, -0.1) is 0 Å². The first-order chi connectivity index (χ1) is 13.0. The molecule has 144 valence electrons. The Morgan fingerprint density at radius 1 is 1.11 bits per heavy atom. The molecular formula is C19H25N5O3. The molecule has 8 nitrogen and oxygen atoms in total. The number of para-hydroxylation sites is 1. The molecule has 4 rings (SSSR count). The number of hydrogen-bond donors (Lipinski definition) is 2. The van der Waals surface area contributed by atoms with Crippen LogP contribution < -0.4 is 21.2 Å². The van der Waals surface area contributed by atoms with E-state index < -0.39 is 11.9 Å². The highest BCUT2D eigenvalue weighted by Gasteiger charge is 2.32. The fraction of sp³-hybridized carbons (Fsp3) is 0.526. The summed E-state index contributed by atoms with van der Waals surface area (Å²) in [6.07, 6.45) is 2.69. The average Bonchev–Trinajstić information content (AvgIpc) is 2.93. The van der Waals surface area contributed by atoms with Crippen LogP contribution in [0.4, 0.5) is 5.69 Å². The minimum Gasteiger partial charge on any atom is -0.370 e. The van der Waals surface area contributed by atoms with Crippen LogP contribution >= 0.6 is 0 Å². The minimum atomic E-state index is -0.654. The molecule has 1 aromatic heterocycles. The molecule has 2 fully saturated rings. The summed E-state index contributed by atoms with van der Waals surface area (Å²) in [7, 11) is 3.81. The highest BCUT2D eigenvalue weighted by Crippen LogP contribution is 2.31. The second-order valence-electron chi connectivity index (χ2n) is 7.42. The number of fused-ring (bicyclic) bond motifs is 1. The maximum Gasteiger partial charge on any atom is 0.329 e. The first kappa shape index (κ1) is 17.8. The Hall–Kier alpha value is -2.61. The van der Waals surface area contributed by atoms with E-state index in [0.717, 1.165) is 42.7 Å². The Morgan fingerprint density at radius 2 is 1.85 bits per heavy atom. The van der Waals surface area contributed by atoms with Crippen LogP contribution in [0.3, 0.4) is 0 Å². The normalized spacial score (nSPS) is 21.5. The Labute approximate surface area is 157 Å². The molecule has 27 heavy (non-hydrogen) atoms. The van der Waals surface area contributed by atoms with Crippen molar-refractivity contribution in [1.82, 2.24) is 19.8 Å². The zero-order valence-corrected chi connectivity index (χ0v) is 15.7. The number of carbonyl (C=O) groups excluding carboxylic acids is 2. The van der Waals surface area contributed by atoms with Crippen molar-refractivity contribution in [3.05, 3.63) is 28.7 Å². The van der Waals surface area contributed by atoms with Gasteiger partial charge in [0.2, 0.25) is 11.8 Å². The Kier molecular flexibility index (Phi) is 4.51. The van der Waals surface area contributed by atoms with Crippen LogP contribution in [0.15, 0.2) is 23.0 Å². The van der Waals surface area contributed by atoms with Crippen LogP contribution in [0.1, 0.15) is 31.7 Å². The fourth-order valence-corrected chi connectivity index (χ4v) is 4.32. The van der Waals surface area contributed by atoms with Crippen LogP contribution in [0.2, 0.25) is 0 Å². The number of amides is 2. The molecule has 0 aliphatic carbocycles. The van der Waals surface area contributed by atoms with Crippen molar-refractivity contribution in [1.29, 1.82) is 0 Å². The van der Waals surface area contributed by atoms with Gasteiger partial charge in [-0.25, -0.2) is 4.79 Å². The summed E-state index contributed by atoms with van der Waals surface area (Å²) < 4.78 is 3.16. The van der Waals surface area contributed by atoms with Gasteiger partial charge in [-0.2, -0.15) is 0 Å². The Morgan fingerprint density at radius 3 is 2.56 bits per heavy atom. The van der Waals surface area contributed by atoms with E-state index in [4.69, 9.17) is 0 Å². The lowest BCUT2D eigenvalue weighted by atomic mass is 10.0. The van der Waals surface area contributed by atoms with Gasteiger partial charge in [0.1, 0.15) is 6.04 Å². The lowest BCUT2D eigenvalue weighted by Crippen LogP contribution is -2.44. The van der Waals surface area contributed by atoms with Crippen molar-refractivity contribution < 1.29 is 9.59 Å². The second-order valence-corrected chi connectivity index (χ2v) is 7.42. The number of nitrogens with one attached hydrogen (secondary N) is 2. The van der Waals surface area contributed by atoms with Gasteiger partial charge in [0.15, 0.2) is 0 Å². The molecule has 2 aliphatic rings. The Balaban J connectivity index is 1.82. The molecule has 0 bridgehead atoms. The van der Waals surface area contributed by atoms with Gasteiger partial charge in [-0.05, 0) is 44.5 Å². The Bertz CT molecular complexity index is 954. The van der Waals surface area contributed by atoms with Crippen molar-refractivity contribution in [3.8, 4) is 0 Å². The number of piperidine rings is 2. The van der Waals surface area contributed by atoms with Crippen molar-refractivity contribution in [2.75, 3.05) is 25.0 Å². The lowest BCUT2D eigenvalue weighted by Gasteiger charge is -2.33. The largest absolute Gasteiger partial charge is 0.370 e. The van der Waals surface area contributed by atoms with Crippen LogP contribution in [-0.2, 0) is 16.6 Å². The van der Waals surface area contributed by atoms with E-state index >= 15 is 0 Å². The second kappa shape index (κ2) is 6.84. The number of hydrogen-bond acceptors (Lipinski definition) is 5. The molecule has 2 N–H and O–H groups in total. The molecule has 8 heteroatoms. The number of benzene rings is 1. The highest BCUT2D eigenvalue weighted by molar-refractivity contribution is 6.00. The number of aromatic nitrogens is 2. The van der Waals surface area contributed by atoms with E-state index in [1.165, 1.54) is 4.57 Å². The molecule has 0 radical (unpaired) electrons. The van der Waals surface area contributed by atoms with Crippen molar-refractivity contribution in [2.45, 2.75) is 37.8 Å². The fourth-order valence-electron chi connectivity index (χ4n) is 4.32. The first-order valence-electron chi connectivity index (χ1n) is 9.46. The summed E-state index contributed by atoms with van der Waals surface area (Å²) in [5.41, 5.74) is 2.32. The van der Waals surface area contributed by atoms with Crippen LogP contribution in [0.25, 0.3) is 11.0 Å². The number of anilines is 1. The van der Waals surface area contributed by atoms with Gasteiger partial charge in [0, 0.05) is 26.6 Å². The number of imidazole rings is 1. The molecule has 1 aromatic carbocycles. The number of imide groups is 1. The summed E-state index contributed by atoms with van der Waals surface area (Å²) in [5.74, 6) is -0.686. The summed E-state index contributed by atoms with van der Waals surface area (Å²) in [5, 5.41) is 5.73. The number of rotatable bonds is 3. The smallest absolute Gasteiger partial charge is 0.329 e. The molecule has 0 saturated carbocycles. The van der Waals surface area contributed by atoms with Gasteiger partial charge in [-0.3, -0.25) is 24.0 Å². The van der Waals surface area contributed by atoms with Gasteiger partial charge in [0.25, 0.3) is 0 Å². The summed E-state index contributed by atoms with van der Waals surface area (Å²) in [6, 6.07) is 5.58. The third-order valence-corrected chi connectivity index (χ3v) is 5.84. The first-order valence-corrected chi connectivity index (χ1v) is 9.46. The van der Waals surface area contributed by atoms with Crippen LogP contribution in [-0.4, -0.2) is 47.1 Å². The van der Waals surface area contributed by atoms with Gasteiger partial charge >= 0.3 is 5.69 Å².